The number of H-pyrrole nitrogens is 1. The van der Waals surface area contributed by atoms with Gasteiger partial charge in [0, 0.05) is 6.54 Å². The minimum atomic E-state index is -0.634. The van der Waals surface area contributed by atoms with Gasteiger partial charge in [-0.15, -0.1) is 12.6 Å². The number of carbonyl (C=O) groups is 1. The number of hydrogen-bond donors (Lipinski definition) is 2. The van der Waals surface area contributed by atoms with Gasteiger partial charge in [0.1, 0.15) is 23.2 Å². The number of halogens is 1. The maximum atomic E-state index is 13.5. The van der Waals surface area contributed by atoms with Crippen LogP contribution in [0.1, 0.15) is 32.6 Å². The molecule has 0 bridgehead atoms. The average molecular weight is 447 g/mol. The van der Waals surface area contributed by atoms with E-state index < -0.39 is 29.3 Å². The van der Waals surface area contributed by atoms with Crippen molar-refractivity contribution in [1.29, 1.82) is 0 Å². The number of ether oxygens (including phenoxy) is 2. The predicted octanol–water partition coefficient (Wildman–Crippen LogP) is 2.82. The lowest BCUT2D eigenvalue weighted by atomic mass is 10.0. The standard InChI is InChI=1S/C20H22FN5O4S/c1-20(2,3)30-19(28)25-8-9-29-13(10-25)15-14(11-4-6-12(21)7-5-11)16-22-17(31)23-18(27)26(16)24-15/h4-7,13H,8-10H2,1-3H3,(H2,22,23,27,31). The highest BCUT2D eigenvalue weighted by Crippen LogP contribution is 2.34. The molecule has 1 unspecified atom stereocenters. The number of morpholine rings is 1. The van der Waals surface area contributed by atoms with Crippen molar-refractivity contribution in [2.75, 3.05) is 19.7 Å². The molecule has 0 spiro atoms. The lowest BCUT2D eigenvalue weighted by molar-refractivity contribution is -0.0446. The second kappa shape index (κ2) is 7.97. The summed E-state index contributed by atoms with van der Waals surface area (Å²) in [6.45, 7) is 6.20. The molecule has 11 heteroatoms. The maximum absolute atomic E-state index is 13.5. The molecular weight excluding hydrogens is 425 g/mol. The summed E-state index contributed by atoms with van der Waals surface area (Å²) in [4.78, 5) is 33.3. The van der Waals surface area contributed by atoms with Gasteiger partial charge in [-0.1, -0.05) is 12.1 Å². The molecule has 9 nitrogen and oxygen atoms in total. The SMILES string of the molecule is CC(C)(C)OC(=O)N1CCOC(c2nn3c(=O)[nH]c(S)nc3c2-c2ccc(F)cc2)C1. The number of nitrogens with one attached hydrogen (secondary N) is 1. The first-order valence-electron chi connectivity index (χ1n) is 9.70. The number of amides is 1. The van der Waals surface area contributed by atoms with Crippen LogP contribution in [0.4, 0.5) is 9.18 Å². The number of nitrogens with zero attached hydrogens (tertiary/aromatic N) is 4. The van der Waals surface area contributed by atoms with Crippen LogP contribution in [0, 0.1) is 5.82 Å². The molecule has 3 aromatic rings. The normalized spacial score (nSPS) is 17.2. The number of hydrogen-bond acceptors (Lipinski definition) is 7. The van der Waals surface area contributed by atoms with Gasteiger partial charge in [-0.3, -0.25) is 4.98 Å². The van der Waals surface area contributed by atoms with E-state index in [1.807, 2.05) is 0 Å². The Morgan fingerprint density at radius 3 is 2.71 bits per heavy atom. The van der Waals surface area contributed by atoms with Crippen LogP contribution >= 0.6 is 12.6 Å². The quantitative estimate of drug-likeness (QED) is 0.586. The maximum Gasteiger partial charge on any atom is 0.410 e. The van der Waals surface area contributed by atoms with E-state index >= 15 is 0 Å². The monoisotopic (exact) mass is 447 g/mol. The number of carbonyl (C=O) groups excluding carboxylic acids is 1. The number of aromatic amines is 1. The minimum absolute atomic E-state index is 0.118. The van der Waals surface area contributed by atoms with Crippen LogP contribution in [-0.2, 0) is 9.47 Å². The Balaban J connectivity index is 1.79. The highest BCUT2D eigenvalue weighted by atomic mass is 32.1. The topological polar surface area (TPSA) is 102 Å². The molecule has 1 aliphatic heterocycles. The summed E-state index contributed by atoms with van der Waals surface area (Å²) in [5.74, 6) is -0.396. The third-order valence-electron chi connectivity index (χ3n) is 4.67. The Hall–Kier alpha value is -2.92. The Morgan fingerprint density at radius 1 is 1.32 bits per heavy atom. The van der Waals surface area contributed by atoms with E-state index in [1.54, 1.807) is 37.8 Å². The Labute approximate surface area is 182 Å². The van der Waals surface area contributed by atoms with E-state index in [0.29, 0.717) is 23.4 Å². The van der Waals surface area contributed by atoms with Crippen molar-refractivity contribution in [2.45, 2.75) is 37.6 Å². The zero-order chi connectivity index (χ0) is 22.3. The van der Waals surface area contributed by atoms with Crippen LogP contribution in [0.25, 0.3) is 16.8 Å². The van der Waals surface area contributed by atoms with Crippen LogP contribution in [0.3, 0.4) is 0 Å². The fourth-order valence-corrected chi connectivity index (χ4v) is 3.56. The van der Waals surface area contributed by atoms with Crippen molar-refractivity contribution in [1.82, 2.24) is 24.5 Å². The highest BCUT2D eigenvalue weighted by molar-refractivity contribution is 7.80. The summed E-state index contributed by atoms with van der Waals surface area (Å²) in [6, 6.07) is 5.77. The fraction of sp³-hybridized carbons (Fsp3) is 0.400. The number of fused-ring (bicyclic) bond motifs is 1. The first kappa shape index (κ1) is 21.3. The zero-order valence-electron chi connectivity index (χ0n) is 17.3. The molecule has 1 aromatic carbocycles. The van der Waals surface area contributed by atoms with Crippen molar-refractivity contribution in [2.24, 2.45) is 0 Å². The van der Waals surface area contributed by atoms with Gasteiger partial charge in [0.05, 0.1) is 18.7 Å². The molecule has 1 N–H and O–H groups in total. The van der Waals surface area contributed by atoms with E-state index in [1.165, 1.54) is 12.1 Å². The van der Waals surface area contributed by atoms with E-state index in [4.69, 9.17) is 9.47 Å². The van der Waals surface area contributed by atoms with Gasteiger partial charge >= 0.3 is 11.8 Å². The molecule has 1 atom stereocenters. The molecule has 1 saturated heterocycles. The summed E-state index contributed by atoms with van der Waals surface area (Å²) < 4.78 is 26.0. The molecule has 0 aliphatic carbocycles. The van der Waals surface area contributed by atoms with Crippen LogP contribution in [0.15, 0.2) is 34.2 Å². The molecule has 0 saturated carbocycles. The second-order valence-corrected chi connectivity index (χ2v) is 8.58. The van der Waals surface area contributed by atoms with Crippen molar-refractivity contribution in [3.05, 3.63) is 46.3 Å². The predicted molar refractivity (Wildman–Crippen MR) is 113 cm³/mol. The van der Waals surface area contributed by atoms with E-state index in [9.17, 15) is 14.0 Å². The molecule has 1 aliphatic rings. The summed E-state index contributed by atoms with van der Waals surface area (Å²) in [5, 5.41) is 4.54. The number of rotatable bonds is 2. The van der Waals surface area contributed by atoms with Crippen LogP contribution in [0.5, 0.6) is 0 Å². The van der Waals surface area contributed by atoms with Gasteiger partial charge < -0.3 is 14.4 Å². The molecule has 0 radical (unpaired) electrons. The Bertz CT molecular complexity index is 1190. The Kier molecular flexibility index (Phi) is 5.48. The van der Waals surface area contributed by atoms with E-state index in [-0.39, 0.29) is 24.0 Å². The van der Waals surface area contributed by atoms with Gasteiger partial charge in [0.2, 0.25) is 0 Å². The summed E-state index contributed by atoms with van der Waals surface area (Å²) in [5.41, 5.74) is 0.634. The van der Waals surface area contributed by atoms with E-state index in [0.717, 1.165) is 4.52 Å². The van der Waals surface area contributed by atoms with Gasteiger partial charge in [0.15, 0.2) is 10.8 Å². The first-order valence-corrected chi connectivity index (χ1v) is 10.1. The molecular formula is C20H22FN5O4S. The molecule has 3 heterocycles. The van der Waals surface area contributed by atoms with Gasteiger partial charge in [-0.05, 0) is 38.5 Å². The average Bonchev–Trinajstić information content (AvgIpc) is 3.07. The smallest absolute Gasteiger partial charge is 0.410 e. The van der Waals surface area contributed by atoms with Gasteiger partial charge in [-0.25, -0.2) is 19.0 Å². The van der Waals surface area contributed by atoms with Crippen LogP contribution in [-0.4, -0.2) is 55.9 Å². The summed E-state index contributed by atoms with van der Waals surface area (Å²) in [7, 11) is 0. The molecule has 164 valence electrons. The number of thiol groups is 1. The molecule has 31 heavy (non-hydrogen) atoms. The summed E-state index contributed by atoms with van der Waals surface area (Å²) in [6.07, 6.45) is -1.09. The van der Waals surface area contributed by atoms with Crippen molar-refractivity contribution in [3.8, 4) is 11.1 Å². The molecule has 2 aromatic heterocycles. The van der Waals surface area contributed by atoms with Crippen molar-refractivity contribution in [3.63, 3.8) is 0 Å². The summed E-state index contributed by atoms with van der Waals surface area (Å²) >= 11 is 4.15. The third-order valence-corrected chi connectivity index (χ3v) is 4.88. The lowest BCUT2D eigenvalue weighted by Gasteiger charge is -2.33. The highest BCUT2D eigenvalue weighted by Gasteiger charge is 2.33. The van der Waals surface area contributed by atoms with Crippen LogP contribution < -0.4 is 5.69 Å². The minimum Gasteiger partial charge on any atom is -0.444 e. The van der Waals surface area contributed by atoms with Gasteiger partial charge in [0.25, 0.3) is 0 Å². The van der Waals surface area contributed by atoms with Gasteiger partial charge in [-0.2, -0.15) is 9.61 Å². The molecule has 1 amide bonds. The van der Waals surface area contributed by atoms with E-state index in [2.05, 4.69) is 27.7 Å². The third kappa shape index (κ3) is 4.42. The lowest BCUT2D eigenvalue weighted by Crippen LogP contribution is -2.44. The van der Waals surface area contributed by atoms with Crippen LogP contribution in [0.2, 0.25) is 0 Å². The van der Waals surface area contributed by atoms with Crippen molar-refractivity contribution >= 4 is 24.4 Å². The molecule has 4 rings (SSSR count). The molecule has 1 fully saturated rings. The van der Waals surface area contributed by atoms with Crippen molar-refractivity contribution < 1.29 is 18.7 Å². The first-order chi connectivity index (χ1) is 14.6. The largest absolute Gasteiger partial charge is 0.444 e. The number of aromatic nitrogens is 4. The number of benzene rings is 1. The fourth-order valence-electron chi connectivity index (χ4n) is 3.37. The second-order valence-electron chi connectivity index (χ2n) is 8.15. The Morgan fingerprint density at radius 2 is 2.03 bits per heavy atom. The zero-order valence-corrected chi connectivity index (χ0v) is 18.1.